The molecule has 0 fully saturated rings. The number of hydrogen-bond acceptors (Lipinski definition) is 3. The Morgan fingerprint density at radius 1 is 1.13 bits per heavy atom. The number of carbonyl (C=O) groups is 2. The van der Waals surface area contributed by atoms with Crippen molar-refractivity contribution in [1.82, 2.24) is 5.32 Å². The van der Waals surface area contributed by atoms with Crippen molar-refractivity contribution in [3.63, 3.8) is 0 Å². The Balaban J connectivity index is 2.03. The molecule has 0 aliphatic heterocycles. The van der Waals surface area contributed by atoms with Crippen molar-refractivity contribution < 1.29 is 19.1 Å². The fourth-order valence-corrected chi connectivity index (χ4v) is 2.07. The number of amides is 2. The maximum Gasteiger partial charge on any atom is 0.313 e. The lowest BCUT2D eigenvalue weighted by atomic mass is 10.1. The Morgan fingerprint density at radius 2 is 1.83 bits per heavy atom. The van der Waals surface area contributed by atoms with Crippen LogP contribution < -0.4 is 10.6 Å². The zero-order valence-electron chi connectivity index (χ0n) is 11.9. The van der Waals surface area contributed by atoms with Crippen molar-refractivity contribution >= 4 is 29.1 Å². The predicted molar refractivity (Wildman–Crippen MR) is 84.5 cm³/mol. The number of benzene rings is 2. The van der Waals surface area contributed by atoms with Gasteiger partial charge in [-0.05, 0) is 23.8 Å². The summed E-state index contributed by atoms with van der Waals surface area (Å²) in [5.41, 5.74) is 0.489. The standard InChI is InChI=1S/C16H14ClFN2O3/c17-11-6-7-13(12(18)8-11)19-15(22)16(23)20-14(9-21)10-4-2-1-3-5-10/h1-8,14,21H,9H2,(H,19,22)(H,20,23)/t14-/m1/s1. The van der Waals surface area contributed by atoms with Gasteiger partial charge in [0.05, 0.1) is 18.3 Å². The van der Waals surface area contributed by atoms with E-state index in [1.54, 1.807) is 30.3 Å². The van der Waals surface area contributed by atoms with E-state index in [2.05, 4.69) is 10.6 Å². The summed E-state index contributed by atoms with van der Waals surface area (Å²) >= 11 is 5.61. The molecular weight excluding hydrogens is 323 g/mol. The number of rotatable bonds is 4. The summed E-state index contributed by atoms with van der Waals surface area (Å²) in [4.78, 5) is 23.7. The molecule has 1 atom stereocenters. The van der Waals surface area contributed by atoms with Crippen molar-refractivity contribution in [1.29, 1.82) is 0 Å². The lowest BCUT2D eigenvalue weighted by molar-refractivity contribution is -0.136. The Kier molecular flexibility index (Phi) is 5.67. The van der Waals surface area contributed by atoms with E-state index in [-0.39, 0.29) is 17.3 Å². The molecule has 0 bridgehead atoms. The van der Waals surface area contributed by atoms with E-state index in [0.29, 0.717) is 5.56 Å². The van der Waals surface area contributed by atoms with Crippen LogP contribution in [0.1, 0.15) is 11.6 Å². The monoisotopic (exact) mass is 336 g/mol. The SMILES string of the molecule is O=C(Nc1ccc(Cl)cc1F)C(=O)N[C@H](CO)c1ccccc1. The molecule has 3 N–H and O–H groups in total. The quantitative estimate of drug-likeness (QED) is 0.749. The zero-order valence-corrected chi connectivity index (χ0v) is 12.7. The van der Waals surface area contributed by atoms with Gasteiger partial charge in [-0.3, -0.25) is 9.59 Å². The van der Waals surface area contributed by atoms with Crippen LogP contribution in [-0.4, -0.2) is 23.5 Å². The fraction of sp³-hybridized carbons (Fsp3) is 0.125. The first-order valence-corrected chi connectivity index (χ1v) is 7.11. The maximum atomic E-state index is 13.6. The van der Waals surface area contributed by atoms with Gasteiger partial charge in [0, 0.05) is 5.02 Å². The van der Waals surface area contributed by atoms with Crippen molar-refractivity contribution in [3.8, 4) is 0 Å². The van der Waals surface area contributed by atoms with E-state index < -0.39 is 23.7 Å². The van der Waals surface area contributed by atoms with Crippen LogP contribution >= 0.6 is 11.6 Å². The van der Waals surface area contributed by atoms with Crippen LogP contribution in [0.4, 0.5) is 10.1 Å². The molecule has 2 aromatic carbocycles. The highest BCUT2D eigenvalue weighted by molar-refractivity contribution is 6.39. The number of hydrogen-bond donors (Lipinski definition) is 3. The number of anilines is 1. The summed E-state index contributed by atoms with van der Waals surface area (Å²) in [6, 6.07) is 11.6. The molecule has 120 valence electrons. The molecule has 23 heavy (non-hydrogen) atoms. The van der Waals surface area contributed by atoms with Gasteiger partial charge >= 0.3 is 11.8 Å². The summed E-state index contributed by atoms with van der Waals surface area (Å²) in [5.74, 6) is -2.77. The largest absolute Gasteiger partial charge is 0.394 e. The molecule has 2 rings (SSSR count). The molecule has 0 saturated carbocycles. The molecule has 0 spiro atoms. The van der Waals surface area contributed by atoms with Gasteiger partial charge in [-0.1, -0.05) is 41.9 Å². The highest BCUT2D eigenvalue weighted by Gasteiger charge is 2.20. The average molecular weight is 337 g/mol. The Hall–Kier alpha value is -2.44. The third-order valence-corrected chi connectivity index (χ3v) is 3.31. The summed E-state index contributed by atoms with van der Waals surface area (Å²) in [5, 5.41) is 14.1. The minimum absolute atomic E-state index is 0.158. The van der Waals surface area contributed by atoms with Gasteiger partial charge in [0.1, 0.15) is 5.82 Å². The predicted octanol–water partition coefficient (Wildman–Crippen LogP) is 2.27. The first-order chi connectivity index (χ1) is 11.0. The molecule has 7 heteroatoms. The average Bonchev–Trinajstić information content (AvgIpc) is 2.55. The van der Waals surface area contributed by atoms with Gasteiger partial charge in [-0.2, -0.15) is 0 Å². The van der Waals surface area contributed by atoms with Crippen molar-refractivity contribution in [2.24, 2.45) is 0 Å². The van der Waals surface area contributed by atoms with Crippen molar-refractivity contribution in [2.45, 2.75) is 6.04 Å². The van der Waals surface area contributed by atoms with E-state index in [1.165, 1.54) is 12.1 Å². The van der Waals surface area contributed by atoms with Crippen molar-refractivity contribution in [3.05, 3.63) is 64.9 Å². The normalized spacial score (nSPS) is 11.6. The van der Waals surface area contributed by atoms with Crippen LogP contribution in [-0.2, 0) is 9.59 Å². The second-order valence-corrected chi connectivity index (χ2v) is 5.13. The summed E-state index contributed by atoms with van der Waals surface area (Å²) in [7, 11) is 0. The number of nitrogens with one attached hydrogen (secondary N) is 2. The highest BCUT2D eigenvalue weighted by atomic mass is 35.5. The smallest absolute Gasteiger partial charge is 0.313 e. The van der Waals surface area contributed by atoms with Gasteiger partial charge in [0.25, 0.3) is 0 Å². The van der Waals surface area contributed by atoms with Gasteiger partial charge in [-0.25, -0.2) is 4.39 Å². The van der Waals surface area contributed by atoms with Gasteiger partial charge in [0.15, 0.2) is 0 Å². The molecule has 0 unspecified atom stereocenters. The van der Waals surface area contributed by atoms with Crippen LogP contribution in [0.3, 0.4) is 0 Å². The van der Waals surface area contributed by atoms with Gasteiger partial charge < -0.3 is 15.7 Å². The molecule has 0 aromatic heterocycles. The Labute approximate surface area is 137 Å². The number of halogens is 2. The van der Waals surface area contributed by atoms with E-state index >= 15 is 0 Å². The van der Waals surface area contributed by atoms with E-state index in [0.717, 1.165) is 6.07 Å². The number of aliphatic hydroxyl groups excluding tert-OH is 1. The molecule has 0 saturated heterocycles. The maximum absolute atomic E-state index is 13.6. The number of carbonyl (C=O) groups excluding carboxylic acids is 2. The third-order valence-electron chi connectivity index (χ3n) is 3.08. The molecule has 2 amide bonds. The molecule has 0 radical (unpaired) electrons. The van der Waals surface area contributed by atoms with E-state index in [9.17, 15) is 19.1 Å². The first kappa shape index (κ1) is 16.9. The van der Waals surface area contributed by atoms with E-state index in [4.69, 9.17) is 11.6 Å². The molecule has 0 aliphatic carbocycles. The third kappa shape index (κ3) is 4.51. The van der Waals surface area contributed by atoms with Crippen molar-refractivity contribution in [2.75, 3.05) is 11.9 Å². The molecule has 5 nitrogen and oxygen atoms in total. The highest BCUT2D eigenvalue weighted by Crippen LogP contribution is 2.19. The molecule has 0 aliphatic rings. The Bertz CT molecular complexity index is 710. The minimum atomic E-state index is -1.04. The molecular formula is C16H14ClFN2O3. The topological polar surface area (TPSA) is 78.4 Å². The molecule has 0 heterocycles. The second kappa shape index (κ2) is 7.71. The van der Waals surface area contributed by atoms with Crippen LogP contribution in [0.5, 0.6) is 0 Å². The second-order valence-electron chi connectivity index (χ2n) is 4.70. The minimum Gasteiger partial charge on any atom is -0.394 e. The number of aliphatic hydroxyl groups is 1. The van der Waals surface area contributed by atoms with E-state index in [1.807, 2.05) is 0 Å². The zero-order chi connectivity index (χ0) is 16.8. The lowest BCUT2D eigenvalue weighted by Crippen LogP contribution is -2.39. The van der Waals surface area contributed by atoms with Gasteiger partial charge in [-0.15, -0.1) is 0 Å². The van der Waals surface area contributed by atoms with Crippen LogP contribution in [0.15, 0.2) is 48.5 Å². The van der Waals surface area contributed by atoms with Crippen LogP contribution in [0, 0.1) is 5.82 Å². The van der Waals surface area contributed by atoms with Crippen LogP contribution in [0.2, 0.25) is 5.02 Å². The molecule has 2 aromatic rings. The Morgan fingerprint density at radius 3 is 2.43 bits per heavy atom. The summed E-state index contributed by atoms with van der Waals surface area (Å²) < 4.78 is 13.6. The van der Waals surface area contributed by atoms with Gasteiger partial charge in [0.2, 0.25) is 0 Å². The lowest BCUT2D eigenvalue weighted by Gasteiger charge is -2.16. The first-order valence-electron chi connectivity index (χ1n) is 6.74. The summed E-state index contributed by atoms with van der Waals surface area (Å²) in [6.45, 7) is -0.377. The summed E-state index contributed by atoms with van der Waals surface area (Å²) in [6.07, 6.45) is 0. The fourth-order valence-electron chi connectivity index (χ4n) is 1.91. The van der Waals surface area contributed by atoms with Crippen LogP contribution in [0.25, 0.3) is 0 Å².